The van der Waals surface area contributed by atoms with Gasteiger partial charge in [-0.1, -0.05) is 31.1 Å². The fourth-order valence-electron chi connectivity index (χ4n) is 3.62. The molecule has 0 amide bonds. The fourth-order valence-corrected chi connectivity index (χ4v) is 4.43. The molecule has 20 heavy (non-hydrogen) atoms. The van der Waals surface area contributed by atoms with Gasteiger partial charge in [-0.3, -0.25) is 4.90 Å². The maximum absolute atomic E-state index is 4.32. The Bertz CT molecular complexity index is 415. The molecule has 2 fully saturated rings. The summed E-state index contributed by atoms with van der Waals surface area (Å²) in [7, 11) is 0. The number of hydrogen-bond acceptors (Lipinski definition) is 5. The van der Waals surface area contributed by atoms with Gasteiger partial charge in [0.2, 0.25) is 5.13 Å². The molecule has 0 radical (unpaired) electrons. The van der Waals surface area contributed by atoms with Crippen LogP contribution in [-0.4, -0.2) is 34.7 Å². The van der Waals surface area contributed by atoms with E-state index >= 15 is 0 Å². The Hall–Kier alpha value is -0.680. The van der Waals surface area contributed by atoms with Crippen molar-refractivity contribution in [2.24, 2.45) is 5.41 Å². The van der Waals surface area contributed by atoms with Crippen molar-refractivity contribution in [2.75, 3.05) is 25.0 Å². The van der Waals surface area contributed by atoms with Gasteiger partial charge in [0, 0.05) is 6.54 Å². The van der Waals surface area contributed by atoms with Crippen LogP contribution in [0.1, 0.15) is 56.9 Å². The number of aromatic nitrogens is 2. The number of anilines is 1. The van der Waals surface area contributed by atoms with Gasteiger partial charge in [0.15, 0.2) is 0 Å². The second kappa shape index (κ2) is 6.39. The highest BCUT2D eigenvalue weighted by Crippen LogP contribution is 2.46. The van der Waals surface area contributed by atoms with Crippen LogP contribution in [0.25, 0.3) is 0 Å². The smallest absolute Gasteiger partial charge is 0.205 e. The molecule has 1 aromatic rings. The van der Waals surface area contributed by atoms with Crippen LogP contribution in [0.15, 0.2) is 0 Å². The summed E-state index contributed by atoms with van der Waals surface area (Å²) in [6.45, 7) is 6.64. The van der Waals surface area contributed by atoms with Gasteiger partial charge in [-0.05, 0) is 50.6 Å². The van der Waals surface area contributed by atoms with Gasteiger partial charge in [-0.15, -0.1) is 10.2 Å². The van der Waals surface area contributed by atoms with E-state index in [1.807, 2.05) is 0 Å². The molecule has 1 N–H and O–H groups in total. The molecule has 0 atom stereocenters. The zero-order valence-corrected chi connectivity index (χ0v) is 13.3. The van der Waals surface area contributed by atoms with E-state index in [4.69, 9.17) is 0 Å². The van der Waals surface area contributed by atoms with Crippen LogP contribution in [-0.2, 0) is 6.54 Å². The zero-order chi connectivity index (χ0) is 13.8. The van der Waals surface area contributed by atoms with E-state index in [1.54, 1.807) is 11.3 Å². The third-order valence-corrected chi connectivity index (χ3v) is 5.80. The first kappa shape index (κ1) is 14.3. The van der Waals surface area contributed by atoms with Gasteiger partial charge in [-0.25, -0.2) is 0 Å². The third kappa shape index (κ3) is 3.31. The van der Waals surface area contributed by atoms with Crippen molar-refractivity contribution in [3.05, 3.63) is 5.01 Å². The second-order valence-electron chi connectivity index (χ2n) is 6.41. The molecule has 0 aromatic carbocycles. The molecule has 2 aliphatic rings. The topological polar surface area (TPSA) is 41.1 Å². The van der Waals surface area contributed by atoms with Gasteiger partial charge in [-0.2, -0.15) is 0 Å². The first-order valence-electron chi connectivity index (χ1n) is 8.08. The largest absolute Gasteiger partial charge is 0.360 e. The van der Waals surface area contributed by atoms with Crippen molar-refractivity contribution in [3.8, 4) is 0 Å². The molecule has 1 aliphatic carbocycles. The normalized spacial score (nSPS) is 22.4. The van der Waals surface area contributed by atoms with Crippen molar-refractivity contribution in [1.82, 2.24) is 15.1 Å². The Kier molecular flexibility index (Phi) is 4.56. The van der Waals surface area contributed by atoms with Gasteiger partial charge in [0.05, 0.1) is 6.54 Å². The van der Waals surface area contributed by atoms with E-state index in [1.165, 1.54) is 51.6 Å². The van der Waals surface area contributed by atoms with Crippen LogP contribution < -0.4 is 5.32 Å². The van der Waals surface area contributed by atoms with Crippen LogP contribution in [0.3, 0.4) is 0 Å². The lowest BCUT2D eigenvalue weighted by Crippen LogP contribution is -2.38. The molecular formula is C15H26N4S. The molecule has 2 heterocycles. The number of hydrogen-bond donors (Lipinski definition) is 1. The Morgan fingerprint density at radius 2 is 1.90 bits per heavy atom. The summed E-state index contributed by atoms with van der Waals surface area (Å²) in [5.74, 6) is 0. The summed E-state index contributed by atoms with van der Waals surface area (Å²) in [5.41, 5.74) is 0.714. The van der Waals surface area contributed by atoms with Crippen molar-refractivity contribution in [3.63, 3.8) is 0 Å². The van der Waals surface area contributed by atoms with E-state index in [2.05, 4.69) is 27.3 Å². The maximum atomic E-state index is 4.32. The lowest BCUT2D eigenvalue weighted by atomic mass is 9.77. The van der Waals surface area contributed by atoms with Gasteiger partial charge >= 0.3 is 0 Å². The summed E-state index contributed by atoms with van der Waals surface area (Å²) in [6, 6.07) is 0. The van der Waals surface area contributed by atoms with Crippen LogP contribution in [0, 0.1) is 5.41 Å². The number of rotatable bonds is 5. The highest BCUT2D eigenvalue weighted by atomic mass is 32.1. The SMILES string of the molecule is CCCNc1nnc(CN2CCC3(CCCC3)CC2)s1. The number of likely N-dealkylation sites (tertiary alicyclic amines) is 1. The molecule has 0 unspecified atom stereocenters. The molecule has 3 rings (SSSR count). The number of nitrogens with zero attached hydrogens (tertiary/aromatic N) is 3. The van der Waals surface area contributed by atoms with Gasteiger partial charge in [0.25, 0.3) is 0 Å². The molecule has 1 saturated heterocycles. The van der Waals surface area contributed by atoms with Crippen LogP contribution in [0.5, 0.6) is 0 Å². The van der Waals surface area contributed by atoms with E-state index < -0.39 is 0 Å². The summed E-state index contributed by atoms with van der Waals surface area (Å²) in [5, 5.41) is 14.0. The molecule has 4 nitrogen and oxygen atoms in total. The van der Waals surface area contributed by atoms with Crippen molar-refractivity contribution in [2.45, 2.75) is 58.4 Å². The molecule has 1 spiro atoms. The Morgan fingerprint density at radius 1 is 1.15 bits per heavy atom. The molecular weight excluding hydrogens is 268 g/mol. The minimum Gasteiger partial charge on any atom is -0.360 e. The minimum atomic E-state index is 0.714. The quantitative estimate of drug-likeness (QED) is 0.902. The summed E-state index contributed by atoms with van der Waals surface area (Å²) in [6.07, 6.45) is 9.80. The number of piperidine rings is 1. The fraction of sp³-hybridized carbons (Fsp3) is 0.867. The predicted octanol–water partition coefficient (Wildman–Crippen LogP) is 3.52. The maximum Gasteiger partial charge on any atom is 0.205 e. The zero-order valence-electron chi connectivity index (χ0n) is 12.5. The Labute approximate surface area is 126 Å². The highest BCUT2D eigenvalue weighted by Gasteiger charge is 2.36. The Balaban J connectivity index is 1.48. The molecule has 112 valence electrons. The van der Waals surface area contributed by atoms with Crippen LogP contribution in [0.2, 0.25) is 0 Å². The Morgan fingerprint density at radius 3 is 2.60 bits per heavy atom. The molecule has 1 aliphatic heterocycles. The van der Waals surface area contributed by atoms with Gasteiger partial charge in [0.1, 0.15) is 5.01 Å². The predicted molar refractivity (Wildman–Crippen MR) is 84.1 cm³/mol. The first-order valence-corrected chi connectivity index (χ1v) is 8.90. The summed E-state index contributed by atoms with van der Waals surface area (Å²) in [4.78, 5) is 2.56. The minimum absolute atomic E-state index is 0.714. The molecule has 1 aromatic heterocycles. The highest BCUT2D eigenvalue weighted by molar-refractivity contribution is 7.15. The van der Waals surface area contributed by atoms with Crippen LogP contribution in [0.4, 0.5) is 5.13 Å². The molecule has 0 bridgehead atoms. The average molecular weight is 294 g/mol. The van der Waals surface area contributed by atoms with Gasteiger partial charge < -0.3 is 5.32 Å². The summed E-state index contributed by atoms with van der Waals surface area (Å²) < 4.78 is 0. The molecule has 1 saturated carbocycles. The van der Waals surface area contributed by atoms with E-state index in [9.17, 15) is 0 Å². The number of nitrogens with one attached hydrogen (secondary N) is 1. The molecule has 5 heteroatoms. The van der Waals surface area contributed by atoms with Crippen molar-refractivity contribution in [1.29, 1.82) is 0 Å². The lowest BCUT2D eigenvalue weighted by Gasteiger charge is -2.39. The van der Waals surface area contributed by atoms with Crippen LogP contribution >= 0.6 is 11.3 Å². The second-order valence-corrected chi connectivity index (χ2v) is 7.47. The van der Waals surface area contributed by atoms with E-state index in [0.29, 0.717) is 5.41 Å². The monoisotopic (exact) mass is 294 g/mol. The third-order valence-electron chi connectivity index (χ3n) is 4.93. The van der Waals surface area contributed by atoms with Crippen molar-refractivity contribution >= 4 is 16.5 Å². The van der Waals surface area contributed by atoms with Crippen molar-refractivity contribution < 1.29 is 0 Å². The lowest BCUT2D eigenvalue weighted by molar-refractivity contribution is 0.103. The first-order chi connectivity index (χ1) is 9.80. The van der Waals surface area contributed by atoms with E-state index in [-0.39, 0.29) is 0 Å². The standard InChI is InChI=1S/C15H26N4S/c1-2-9-16-14-18-17-13(20-14)12-19-10-7-15(8-11-19)5-3-4-6-15/h2-12H2,1H3,(H,16,18). The summed E-state index contributed by atoms with van der Waals surface area (Å²) >= 11 is 1.72. The van der Waals surface area contributed by atoms with E-state index in [0.717, 1.165) is 29.6 Å². The average Bonchev–Trinajstić information content (AvgIpc) is 3.09.